The summed E-state index contributed by atoms with van der Waals surface area (Å²) in [5.41, 5.74) is 3.45. The Bertz CT molecular complexity index is 814. The number of aromatic nitrogens is 4. The molecule has 2 heterocycles. The lowest BCUT2D eigenvalue weighted by atomic mass is 10.1. The number of nitrogens with one attached hydrogen (secondary N) is 1. The Morgan fingerprint density at radius 3 is 3.05 bits per heavy atom. The van der Waals surface area contributed by atoms with Gasteiger partial charge in [0.2, 0.25) is 0 Å². The van der Waals surface area contributed by atoms with Crippen molar-refractivity contribution < 1.29 is 4.52 Å². The van der Waals surface area contributed by atoms with Gasteiger partial charge in [0, 0.05) is 6.20 Å². The lowest BCUT2D eigenvalue weighted by Gasteiger charge is -2.15. The van der Waals surface area contributed by atoms with Crippen molar-refractivity contribution in [1.82, 2.24) is 20.1 Å². The Kier molecular flexibility index (Phi) is 3.07. The fourth-order valence-corrected chi connectivity index (χ4v) is 2.88. The number of fused-ring (bicyclic) bond motifs is 1. The zero-order chi connectivity index (χ0) is 14.9. The molecule has 0 saturated carbocycles. The van der Waals surface area contributed by atoms with Crippen molar-refractivity contribution in [2.45, 2.75) is 25.8 Å². The standard InChI is InChI=1S/C16H15N5O/c1-10-19-16(22-21-10)13-8-17-9-18-15(13)20-14-7-6-11-4-2-3-5-12(11)14/h2-5,8-9,14H,6-7H2,1H3,(H,17,18,20)/t14-/m0/s1. The van der Waals surface area contributed by atoms with E-state index in [1.807, 2.05) is 0 Å². The fourth-order valence-electron chi connectivity index (χ4n) is 2.88. The Hall–Kier alpha value is -2.76. The van der Waals surface area contributed by atoms with E-state index in [-0.39, 0.29) is 6.04 Å². The summed E-state index contributed by atoms with van der Waals surface area (Å²) in [6.45, 7) is 1.79. The number of hydrogen-bond acceptors (Lipinski definition) is 6. The maximum Gasteiger partial charge on any atom is 0.263 e. The molecule has 110 valence electrons. The van der Waals surface area contributed by atoms with Crippen LogP contribution in [-0.4, -0.2) is 20.1 Å². The van der Waals surface area contributed by atoms with Crippen molar-refractivity contribution in [3.63, 3.8) is 0 Å². The first-order chi connectivity index (χ1) is 10.8. The molecule has 0 saturated heterocycles. The van der Waals surface area contributed by atoms with Gasteiger partial charge < -0.3 is 9.84 Å². The molecule has 0 aliphatic heterocycles. The minimum absolute atomic E-state index is 0.244. The first-order valence-corrected chi connectivity index (χ1v) is 7.26. The third-order valence-corrected chi connectivity index (χ3v) is 3.91. The second-order valence-electron chi connectivity index (χ2n) is 5.37. The summed E-state index contributed by atoms with van der Waals surface area (Å²) in [4.78, 5) is 12.7. The molecule has 0 bridgehead atoms. The summed E-state index contributed by atoms with van der Waals surface area (Å²) >= 11 is 0. The quantitative estimate of drug-likeness (QED) is 0.800. The van der Waals surface area contributed by atoms with E-state index in [9.17, 15) is 0 Å². The fraction of sp³-hybridized carbons (Fsp3) is 0.250. The maximum absolute atomic E-state index is 5.24. The molecule has 0 spiro atoms. The van der Waals surface area contributed by atoms with Crippen LogP contribution in [0.2, 0.25) is 0 Å². The van der Waals surface area contributed by atoms with Crippen LogP contribution in [0.25, 0.3) is 11.5 Å². The van der Waals surface area contributed by atoms with Gasteiger partial charge in [-0.05, 0) is 30.9 Å². The van der Waals surface area contributed by atoms with Crippen molar-refractivity contribution in [3.05, 3.63) is 53.7 Å². The van der Waals surface area contributed by atoms with Crippen LogP contribution in [-0.2, 0) is 6.42 Å². The molecule has 3 aromatic rings. The van der Waals surface area contributed by atoms with Gasteiger partial charge in [-0.15, -0.1) is 0 Å². The van der Waals surface area contributed by atoms with E-state index in [2.05, 4.69) is 49.7 Å². The van der Waals surface area contributed by atoms with Crippen molar-refractivity contribution in [2.75, 3.05) is 5.32 Å². The van der Waals surface area contributed by atoms with Crippen LogP contribution in [0.3, 0.4) is 0 Å². The Morgan fingerprint density at radius 1 is 1.27 bits per heavy atom. The number of rotatable bonds is 3. The number of nitrogens with zero attached hydrogens (tertiary/aromatic N) is 4. The molecule has 22 heavy (non-hydrogen) atoms. The van der Waals surface area contributed by atoms with Crippen LogP contribution in [0.1, 0.15) is 29.4 Å². The molecule has 0 amide bonds. The van der Waals surface area contributed by atoms with E-state index in [4.69, 9.17) is 4.52 Å². The van der Waals surface area contributed by atoms with Crippen LogP contribution in [0.5, 0.6) is 0 Å². The highest BCUT2D eigenvalue weighted by molar-refractivity contribution is 5.68. The molecule has 1 N–H and O–H groups in total. The average molecular weight is 293 g/mol. The van der Waals surface area contributed by atoms with Crippen molar-refractivity contribution in [2.24, 2.45) is 0 Å². The lowest BCUT2D eigenvalue weighted by molar-refractivity contribution is 0.425. The second-order valence-corrected chi connectivity index (χ2v) is 5.37. The normalized spacial score (nSPS) is 16.5. The lowest BCUT2D eigenvalue weighted by Crippen LogP contribution is -2.09. The Labute approximate surface area is 127 Å². The molecule has 6 nitrogen and oxygen atoms in total. The number of aryl methyl sites for hydroxylation is 2. The van der Waals surface area contributed by atoms with E-state index in [1.54, 1.807) is 13.1 Å². The Morgan fingerprint density at radius 2 is 2.18 bits per heavy atom. The largest absolute Gasteiger partial charge is 0.362 e. The smallest absolute Gasteiger partial charge is 0.263 e. The summed E-state index contributed by atoms with van der Waals surface area (Å²) in [5.74, 6) is 1.75. The topological polar surface area (TPSA) is 76.7 Å². The monoisotopic (exact) mass is 293 g/mol. The van der Waals surface area contributed by atoms with Gasteiger partial charge in [-0.25, -0.2) is 9.97 Å². The van der Waals surface area contributed by atoms with Gasteiger partial charge in [0.15, 0.2) is 5.82 Å². The molecule has 6 heteroatoms. The molecule has 0 unspecified atom stereocenters. The zero-order valence-corrected chi connectivity index (χ0v) is 12.2. The predicted octanol–water partition coefficient (Wildman–Crippen LogP) is 2.93. The van der Waals surface area contributed by atoms with E-state index >= 15 is 0 Å². The third kappa shape index (κ3) is 2.22. The summed E-state index contributed by atoms with van der Waals surface area (Å²) in [5, 5.41) is 7.33. The second kappa shape index (κ2) is 5.22. The number of benzene rings is 1. The molecule has 1 aliphatic rings. The van der Waals surface area contributed by atoms with Crippen molar-refractivity contribution in [3.8, 4) is 11.5 Å². The van der Waals surface area contributed by atoms with Crippen LogP contribution in [0.4, 0.5) is 5.82 Å². The Balaban J connectivity index is 1.67. The van der Waals surface area contributed by atoms with E-state index in [1.165, 1.54) is 17.5 Å². The van der Waals surface area contributed by atoms with Crippen LogP contribution >= 0.6 is 0 Å². The highest BCUT2D eigenvalue weighted by atomic mass is 16.5. The predicted molar refractivity (Wildman–Crippen MR) is 81.2 cm³/mol. The first-order valence-electron chi connectivity index (χ1n) is 7.26. The molecule has 4 rings (SSSR count). The van der Waals surface area contributed by atoms with Gasteiger partial charge in [0.1, 0.15) is 17.7 Å². The average Bonchev–Trinajstić information content (AvgIpc) is 3.15. The highest BCUT2D eigenvalue weighted by Gasteiger charge is 2.24. The van der Waals surface area contributed by atoms with E-state index in [0.29, 0.717) is 11.7 Å². The molecular formula is C16H15N5O. The van der Waals surface area contributed by atoms with Crippen LogP contribution in [0.15, 0.2) is 41.3 Å². The number of hydrogen-bond donors (Lipinski definition) is 1. The van der Waals surface area contributed by atoms with E-state index in [0.717, 1.165) is 24.2 Å². The molecule has 1 aliphatic carbocycles. The van der Waals surface area contributed by atoms with Crippen LogP contribution in [0, 0.1) is 6.92 Å². The van der Waals surface area contributed by atoms with E-state index < -0.39 is 0 Å². The summed E-state index contributed by atoms with van der Waals surface area (Å²) < 4.78 is 5.24. The molecule has 1 aromatic carbocycles. The zero-order valence-electron chi connectivity index (χ0n) is 12.2. The van der Waals surface area contributed by atoms with Crippen LogP contribution < -0.4 is 5.32 Å². The van der Waals surface area contributed by atoms with Gasteiger partial charge in [-0.2, -0.15) is 4.98 Å². The summed E-state index contributed by atoms with van der Waals surface area (Å²) in [6.07, 6.45) is 5.35. The first kappa shape index (κ1) is 12.9. The van der Waals surface area contributed by atoms with Gasteiger partial charge in [0.25, 0.3) is 5.89 Å². The van der Waals surface area contributed by atoms with Gasteiger partial charge in [-0.3, -0.25) is 0 Å². The van der Waals surface area contributed by atoms with Gasteiger partial charge >= 0.3 is 0 Å². The molecule has 0 radical (unpaired) electrons. The third-order valence-electron chi connectivity index (χ3n) is 3.91. The highest BCUT2D eigenvalue weighted by Crippen LogP contribution is 2.35. The minimum atomic E-state index is 0.244. The summed E-state index contributed by atoms with van der Waals surface area (Å²) in [7, 11) is 0. The van der Waals surface area contributed by atoms with Gasteiger partial charge in [-0.1, -0.05) is 29.4 Å². The maximum atomic E-state index is 5.24. The summed E-state index contributed by atoms with van der Waals surface area (Å²) in [6, 6.07) is 8.74. The van der Waals surface area contributed by atoms with Gasteiger partial charge in [0.05, 0.1) is 6.04 Å². The van der Waals surface area contributed by atoms with Crippen molar-refractivity contribution in [1.29, 1.82) is 0 Å². The SMILES string of the molecule is Cc1noc(-c2cncnc2N[C@H]2CCc3ccccc32)n1. The molecular weight excluding hydrogens is 278 g/mol. The van der Waals surface area contributed by atoms with Crippen molar-refractivity contribution >= 4 is 5.82 Å². The molecule has 0 fully saturated rings. The minimum Gasteiger partial charge on any atom is -0.362 e. The molecule has 1 atom stereocenters. The molecule has 2 aromatic heterocycles. The number of anilines is 1.